The number of hydrogen-bond donors (Lipinski definition) is 1. The molecule has 3 nitrogen and oxygen atoms in total. The first-order valence-electron chi connectivity index (χ1n) is 5.33. The van der Waals surface area contributed by atoms with Gasteiger partial charge >= 0.3 is 0 Å². The van der Waals surface area contributed by atoms with Crippen LogP contribution in [-0.2, 0) is 0 Å². The van der Waals surface area contributed by atoms with Crippen molar-refractivity contribution in [1.82, 2.24) is 9.97 Å². The Morgan fingerprint density at radius 2 is 1.71 bits per heavy atom. The maximum absolute atomic E-state index is 9.81. The normalized spacial score (nSPS) is 10.6. The van der Waals surface area contributed by atoms with E-state index in [9.17, 15) is 5.11 Å². The maximum atomic E-state index is 9.81. The van der Waals surface area contributed by atoms with Crippen molar-refractivity contribution in [2.24, 2.45) is 0 Å². The van der Waals surface area contributed by atoms with Crippen LogP contribution in [0, 0.1) is 0 Å². The van der Waals surface area contributed by atoms with Crippen LogP contribution in [0.15, 0.2) is 55.0 Å². The van der Waals surface area contributed by atoms with Crippen LogP contribution in [0.25, 0.3) is 22.0 Å². The third kappa shape index (κ3) is 1.61. The summed E-state index contributed by atoms with van der Waals surface area (Å²) in [5.41, 5.74) is 1.79. The van der Waals surface area contributed by atoms with Gasteiger partial charge in [-0.15, -0.1) is 0 Å². The number of phenolic OH excluding ortho intramolecular Hbond substituents is 1. The van der Waals surface area contributed by atoms with Gasteiger partial charge in [-0.3, -0.25) is 9.97 Å². The van der Waals surface area contributed by atoms with E-state index in [1.807, 2.05) is 30.3 Å². The van der Waals surface area contributed by atoms with Gasteiger partial charge in [0.05, 0.1) is 11.9 Å². The van der Waals surface area contributed by atoms with Crippen molar-refractivity contribution in [3.63, 3.8) is 0 Å². The van der Waals surface area contributed by atoms with E-state index < -0.39 is 0 Å². The van der Waals surface area contributed by atoms with Crippen molar-refractivity contribution in [2.45, 2.75) is 0 Å². The highest BCUT2D eigenvalue weighted by Gasteiger charge is 2.07. The number of aromatic hydroxyl groups is 1. The molecule has 3 rings (SSSR count). The van der Waals surface area contributed by atoms with Crippen LogP contribution in [0.5, 0.6) is 5.75 Å². The summed E-state index contributed by atoms with van der Waals surface area (Å²) in [7, 11) is 0. The van der Waals surface area contributed by atoms with Crippen LogP contribution in [0.4, 0.5) is 0 Å². The van der Waals surface area contributed by atoms with Crippen LogP contribution in [0.2, 0.25) is 0 Å². The molecule has 0 atom stereocenters. The molecular weight excluding hydrogens is 212 g/mol. The molecule has 1 heterocycles. The Morgan fingerprint density at radius 3 is 2.47 bits per heavy atom. The lowest BCUT2D eigenvalue weighted by molar-refractivity contribution is 0.481. The molecule has 3 aromatic rings. The van der Waals surface area contributed by atoms with Crippen LogP contribution >= 0.6 is 0 Å². The molecule has 1 aromatic heterocycles. The Hall–Kier alpha value is -2.42. The minimum absolute atomic E-state index is 0.285. The van der Waals surface area contributed by atoms with Crippen molar-refractivity contribution in [3.8, 4) is 17.0 Å². The third-order valence-corrected chi connectivity index (χ3v) is 2.74. The van der Waals surface area contributed by atoms with Gasteiger partial charge in [0.2, 0.25) is 0 Å². The molecule has 0 saturated heterocycles. The van der Waals surface area contributed by atoms with E-state index in [1.54, 1.807) is 24.7 Å². The zero-order valence-electron chi connectivity index (χ0n) is 9.04. The quantitative estimate of drug-likeness (QED) is 0.688. The van der Waals surface area contributed by atoms with Gasteiger partial charge in [0.15, 0.2) is 0 Å². The summed E-state index contributed by atoms with van der Waals surface area (Å²) in [4.78, 5) is 8.35. The van der Waals surface area contributed by atoms with E-state index >= 15 is 0 Å². The highest BCUT2D eigenvalue weighted by atomic mass is 16.3. The van der Waals surface area contributed by atoms with E-state index in [0.29, 0.717) is 0 Å². The molecule has 0 bridgehead atoms. The Bertz CT molecular complexity index is 665. The fraction of sp³-hybridized carbons (Fsp3) is 0. The number of aromatic nitrogens is 2. The number of fused-ring (bicyclic) bond motifs is 1. The van der Waals surface area contributed by atoms with Gasteiger partial charge in [0.25, 0.3) is 0 Å². The highest BCUT2D eigenvalue weighted by molar-refractivity contribution is 5.99. The minimum atomic E-state index is 0.285. The van der Waals surface area contributed by atoms with Gasteiger partial charge in [0.1, 0.15) is 5.75 Å². The molecule has 3 heteroatoms. The summed E-state index contributed by atoms with van der Waals surface area (Å²) in [6, 6.07) is 11.3. The number of rotatable bonds is 1. The Kier molecular flexibility index (Phi) is 2.22. The lowest BCUT2D eigenvalue weighted by Crippen LogP contribution is -1.86. The predicted molar refractivity (Wildman–Crippen MR) is 66.6 cm³/mol. The summed E-state index contributed by atoms with van der Waals surface area (Å²) in [5.74, 6) is 0.285. The maximum Gasteiger partial charge on any atom is 0.123 e. The second-order valence-corrected chi connectivity index (χ2v) is 3.77. The SMILES string of the molecule is Oc1ccc(-c2cnccn2)c2ccccc12. The second kappa shape index (κ2) is 3.87. The van der Waals surface area contributed by atoms with Crippen molar-refractivity contribution in [3.05, 3.63) is 55.0 Å². The van der Waals surface area contributed by atoms with Gasteiger partial charge < -0.3 is 5.11 Å². The molecule has 0 saturated carbocycles. The topological polar surface area (TPSA) is 46.0 Å². The van der Waals surface area contributed by atoms with Gasteiger partial charge in [-0.25, -0.2) is 0 Å². The Labute approximate surface area is 98.4 Å². The van der Waals surface area contributed by atoms with E-state index in [-0.39, 0.29) is 5.75 Å². The third-order valence-electron chi connectivity index (χ3n) is 2.74. The monoisotopic (exact) mass is 222 g/mol. The van der Waals surface area contributed by atoms with Gasteiger partial charge in [0, 0.05) is 23.3 Å². The van der Waals surface area contributed by atoms with Crippen LogP contribution < -0.4 is 0 Å². The number of benzene rings is 2. The zero-order chi connectivity index (χ0) is 11.7. The standard InChI is InChI=1S/C14H10N2O/c17-14-6-5-11(13-9-15-7-8-16-13)10-3-1-2-4-12(10)14/h1-9,17H. The van der Waals surface area contributed by atoms with E-state index in [1.165, 1.54) is 0 Å². The molecule has 82 valence electrons. The first-order chi connectivity index (χ1) is 8.36. The summed E-state index contributed by atoms with van der Waals surface area (Å²) in [5, 5.41) is 11.6. The number of phenols is 1. The molecule has 0 aliphatic rings. The summed E-state index contributed by atoms with van der Waals surface area (Å²) >= 11 is 0. The summed E-state index contributed by atoms with van der Waals surface area (Å²) in [6.45, 7) is 0. The van der Waals surface area contributed by atoms with Gasteiger partial charge in [-0.2, -0.15) is 0 Å². The first-order valence-corrected chi connectivity index (χ1v) is 5.33. The Morgan fingerprint density at radius 1 is 0.882 bits per heavy atom. The van der Waals surface area contributed by atoms with Gasteiger partial charge in [-0.05, 0) is 17.5 Å². The van der Waals surface area contributed by atoms with E-state index in [2.05, 4.69) is 9.97 Å². The largest absolute Gasteiger partial charge is 0.507 e. The lowest BCUT2D eigenvalue weighted by Gasteiger charge is -2.06. The molecule has 0 spiro atoms. The van der Waals surface area contributed by atoms with Crippen LogP contribution in [-0.4, -0.2) is 15.1 Å². The van der Waals surface area contributed by atoms with Crippen molar-refractivity contribution < 1.29 is 5.11 Å². The molecule has 0 unspecified atom stereocenters. The number of hydrogen-bond acceptors (Lipinski definition) is 3. The Balaban J connectivity index is 2.35. The van der Waals surface area contributed by atoms with Crippen LogP contribution in [0.1, 0.15) is 0 Å². The van der Waals surface area contributed by atoms with E-state index in [0.717, 1.165) is 22.0 Å². The van der Waals surface area contributed by atoms with Gasteiger partial charge in [-0.1, -0.05) is 24.3 Å². The average molecular weight is 222 g/mol. The predicted octanol–water partition coefficient (Wildman–Crippen LogP) is 3.00. The first kappa shape index (κ1) is 9.78. The van der Waals surface area contributed by atoms with Crippen LogP contribution in [0.3, 0.4) is 0 Å². The molecular formula is C14H10N2O. The molecule has 0 fully saturated rings. The molecule has 1 N–H and O–H groups in total. The minimum Gasteiger partial charge on any atom is -0.507 e. The molecule has 2 aromatic carbocycles. The number of nitrogens with zero attached hydrogens (tertiary/aromatic N) is 2. The summed E-state index contributed by atoms with van der Waals surface area (Å²) < 4.78 is 0. The molecule has 0 radical (unpaired) electrons. The van der Waals surface area contributed by atoms with Crippen molar-refractivity contribution >= 4 is 10.8 Å². The zero-order valence-corrected chi connectivity index (χ0v) is 9.04. The fourth-order valence-electron chi connectivity index (χ4n) is 1.94. The van der Waals surface area contributed by atoms with Crippen molar-refractivity contribution in [1.29, 1.82) is 0 Å². The highest BCUT2D eigenvalue weighted by Crippen LogP contribution is 2.32. The van der Waals surface area contributed by atoms with E-state index in [4.69, 9.17) is 0 Å². The molecule has 0 amide bonds. The van der Waals surface area contributed by atoms with Crippen molar-refractivity contribution in [2.75, 3.05) is 0 Å². The summed E-state index contributed by atoms with van der Waals surface area (Å²) in [6.07, 6.45) is 5.03. The second-order valence-electron chi connectivity index (χ2n) is 3.77. The molecule has 17 heavy (non-hydrogen) atoms. The average Bonchev–Trinajstić information content (AvgIpc) is 2.41. The lowest BCUT2D eigenvalue weighted by atomic mass is 10.0. The molecule has 0 aliphatic heterocycles. The molecule has 0 aliphatic carbocycles. The smallest absolute Gasteiger partial charge is 0.123 e. The fourth-order valence-corrected chi connectivity index (χ4v) is 1.94.